The van der Waals surface area contributed by atoms with Crippen molar-refractivity contribution in [2.45, 2.75) is 13.3 Å². The summed E-state index contributed by atoms with van der Waals surface area (Å²) in [4.78, 5) is 0. The third-order valence-corrected chi connectivity index (χ3v) is 0. The molecule has 0 fully saturated rings. The van der Waals surface area contributed by atoms with E-state index in [0.29, 0.717) is 0 Å². The van der Waals surface area contributed by atoms with E-state index in [2.05, 4.69) is 6.92 Å². The Labute approximate surface area is 42.0 Å². The van der Waals surface area contributed by atoms with Crippen molar-refractivity contribution >= 4 is 0 Å². The number of rotatable bonds is 0. The van der Waals surface area contributed by atoms with Gasteiger partial charge in [0.1, 0.15) is 0 Å². The summed E-state index contributed by atoms with van der Waals surface area (Å²) in [6.45, 7) is 5.50. The third kappa shape index (κ3) is 169. The maximum absolute atomic E-state index is 8.19. The predicted octanol–water partition coefficient (Wildman–Crippen LogP) is 1.11. The van der Waals surface area contributed by atoms with E-state index in [1.54, 1.807) is 0 Å². The second kappa shape index (κ2) is 26.2. The minimum absolute atomic E-state index is 1.00. The van der Waals surface area contributed by atoms with Crippen LogP contribution in [0.5, 0.6) is 0 Å². The molecule has 0 aliphatic rings. The zero-order chi connectivity index (χ0) is 4.71. The van der Waals surface area contributed by atoms with Gasteiger partial charge in [0.2, 0.25) is 0 Å². The van der Waals surface area contributed by atoms with Gasteiger partial charge < -0.3 is 0 Å². The van der Waals surface area contributed by atoms with E-state index in [1.807, 2.05) is 6.92 Å². The van der Waals surface area contributed by atoms with Crippen molar-refractivity contribution in [1.82, 2.24) is 0 Å². The van der Waals surface area contributed by atoms with E-state index in [9.17, 15) is 0 Å². The van der Waals surface area contributed by atoms with Crippen LogP contribution in [0.15, 0.2) is 0 Å². The van der Waals surface area contributed by atoms with Crippen LogP contribution in [-0.2, 0) is 21.0 Å². The zero-order valence-electron chi connectivity index (χ0n) is 3.27. The van der Waals surface area contributed by atoms with Crippen LogP contribution in [0.2, 0.25) is 0 Å². The van der Waals surface area contributed by atoms with E-state index in [0.717, 1.165) is 23.8 Å². The molecule has 0 saturated carbocycles. The van der Waals surface area contributed by atoms with Crippen molar-refractivity contribution in [2.75, 3.05) is 0 Å². The molecule has 5 heavy (non-hydrogen) atoms. The zero-order valence-corrected chi connectivity index (χ0v) is 4.67. The van der Waals surface area contributed by atoms with Gasteiger partial charge >= 0.3 is 21.0 Å². The van der Waals surface area contributed by atoms with Crippen LogP contribution < -0.4 is 0 Å². The molecule has 1 radical (unpaired) electrons. The van der Waals surface area contributed by atoms with Gasteiger partial charge in [0.05, 0.1) is 0 Å². The Morgan fingerprint density at radius 2 is 1.80 bits per heavy atom. The Morgan fingerprint density at radius 3 is 1.80 bits per heavy atom. The quantitative estimate of drug-likeness (QED) is 0.456. The molecule has 1 nitrogen and oxygen atoms in total. The molecule has 30 valence electrons. The second-order valence-electron chi connectivity index (χ2n) is 0.500. The van der Waals surface area contributed by atoms with Crippen molar-refractivity contribution in [1.29, 1.82) is 0 Å². The summed E-state index contributed by atoms with van der Waals surface area (Å²) in [5, 5.41) is 0. The summed E-state index contributed by atoms with van der Waals surface area (Å²) in [6, 6.07) is 0. The molecular weight excluding hydrogens is 103 g/mol. The first-order valence-corrected chi connectivity index (χ1v) is 1.96. The third-order valence-electron chi connectivity index (χ3n) is 0. The standard InChI is InChI=1S/C3H7.O.V/c1-3-2;;/h1,3H2,2H3;;. The van der Waals surface area contributed by atoms with Gasteiger partial charge in [-0.05, 0) is 0 Å². The van der Waals surface area contributed by atoms with Gasteiger partial charge in [-0.15, -0.1) is 0 Å². The summed E-state index contributed by atoms with van der Waals surface area (Å²) in [5.41, 5.74) is 0. The Morgan fingerprint density at radius 1 is 1.80 bits per heavy atom. The van der Waals surface area contributed by atoms with Gasteiger partial charge in [-0.3, -0.25) is 0 Å². The van der Waals surface area contributed by atoms with E-state index < -0.39 is 0 Å². The van der Waals surface area contributed by atoms with Crippen molar-refractivity contribution in [2.24, 2.45) is 0 Å². The van der Waals surface area contributed by atoms with Gasteiger partial charge in [0.25, 0.3) is 0 Å². The van der Waals surface area contributed by atoms with Gasteiger partial charge in [0, 0.05) is 0 Å². The summed E-state index contributed by atoms with van der Waals surface area (Å²) in [7, 11) is 0. The van der Waals surface area contributed by atoms with Crippen LogP contribution in [0.3, 0.4) is 0 Å². The van der Waals surface area contributed by atoms with Crippen LogP contribution >= 0.6 is 0 Å². The molecule has 0 aromatic carbocycles. The summed E-state index contributed by atoms with van der Waals surface area (Å²) in [6.07, 6.45) is 1.00. The second-order valence-corrected chi connectivity index (χ2v) is 0.500. The monoisotopic (exact) mass is 110 g/mol. The van der Waals surface area contributed by atoms with Crippen molar-refractivity contribution in [3.8, 4) is 0 Å². The van der Waals surface area contributed by atoms with Gasteiger partial charge in [-0.25, -0.2) is 0 Å². The predicted molar refractivity (Wildman–Crippen MR) is 16.3 cm³/mol. The molecule has 0 aliphatic heterocycles. The molecule has 0 amide bonds. The molecule has 0 spiro atoms. The van der Waals surface area contributed by atoms with Gasteiger partial charge in [-0.2, -0.15) is 0 Å². The molecule has 0 heterocycles. The van der Waals surface area contributed by atoms with Crippen molar-refractivity contribution in [3.05, 3.63) is 6.92 Å². The van der Waals surface area contributed by atoms with Crippen molar-refractivity contribution < 1.29 is 21.0 Å². The Balaban J connectivity index is 0. The summed E-state index contributed by atoms with van der Waals surface area (Å²) in [5.74, 6) is 0. The molecule has 0 saturated heterocycles. The van der Waals surface area contributed by atoms with Crippen LogP contribution in [0, 0.1) is 6.92 Å². The molecule has 0 unspecified atom stereocenters. The van der Waals surface area contributed by atoms with E-state index in [4.69, 9.17) is 3.67 Å². The minimum atomic E-state index is 1.00. The summed E-state index contributed by atoms with van der Waals surface area (Å²) >= 11 is 1.06. The molecule has 0 aliphatic carbocycles. The van der Waals surface area contributed by atoms with E-state index >= 15 is 0 Å². The number of hydrogen-bond acceptors (Lipinski definition) is 1. The van der Waals surface area contributed by atoms with Crippen LogP contribution in [-0.4, -0.2) is 0 Å². The SMILES string of the molecule is [CH2]CC.[O]=[V]. The van der Waals surface area contributed by atoms with Crippen LogP contribution in [0.1, 0.15) is 13.3 Å². The van der Waals surface area contributed by atoms with E-state index in [1.165, 1.54) is 0 Å². The maximum atomic E-state index is 8.19. The number of hydrogen-bond donors (Lipinski definition) is 0. The molecule has 0 bridgehead atoms. The fourth-order valence-corrected chi connectivity index (χ4v) is 0. The first-order valence-electron chi connectivity index (χ1n) is 1.39. The molecule has 0 rings (SSSR count). The molecule has 0 aromatic rings. The first kappa shape index (κ1) is 9.04. The molecule has 0 atom stereocenters. The Bertz CT molecular complexity index is 10.9. The van der Waals surface area contributed by atoms with Crippen LogP contribution in [0.4, 0.5) is 0 Å². The fraction of sp³-hybridized carbons (Fsp3) is 0.667. The topological polar surface area (TPSA) is 17.1 Å². The van der Waals surface area contributed by atoms with Crippen LogP contribution in [0.25, 0.3) is 0 Å². The van der Waals surface area contributed by atoms with E-state index in [-0.39, 0.29) is 0 Å². The van der Waals surface area contributed by atoms with Gasteiger partial charge in [-0.1, -0.05) is 20.3 Å². The molecule has 0 aromatic heterocycles. The Hall–Kier alpha value is 0.384. The van der Waals surface area contributed by atoms with Gasteiger partial charge in [0.15, 0.2) is 0 Å². The molecular formula is C3H7OV. The van der Waals surface area contributed by atoms with Crippen molar-refractivity contribution in [3.63, 3.8) is 0 Å². The first-order chi connectivity index (χ1) is 2.41. The summed E-state index contributed by atoms with van der Waals surface area (Å²) < 4.78 is 8.19. The molecule has 0 N–H and O–H groups in total. The average Bonchev–Trinajstić information content (AvgIpc) is 1.46. The molecule has 2 heteroatoms. The fourth-order valence-electron chi connectivity index (χ4n) is 0. The normalized spacial score (nSPS) is 4.20. The Kier molecular flexibility index (Phi) is 47.4. The average molecular weight is 110 g/mol.